The summed E-state index contributed by atoms with van der Waals surface area (Å²) in [5, 5.41) is 13.4. The predicted molar refractivity (Wildman–Crippen MR) is 256 cm³/mol. The Kier molecular flexibility index (Phi) is 15.0. The molecule has 6 N–H and O–H groups in total. The van der Waals surface area contributed by atoms with E-state index >= 15 is 0 Å². The molecule has 6 aromatic rings. The Bertz CT molecular complexity index is 2550. The highest BCUT2D eigenvalue weighted by atomic mass is 16.2. The van der Waals surface area contributed by atoms with E-state index < -0.39 is 0 Å². The van der Waals surface area contributed by atoms with Crippen LogP contribution in [-0.2, 0) is 0 Å². The Morgan fingerprint density at radius 1 is 0.597 bits per heavy atom. The number of hydrogen-bond acceptors (Lipinski definition) is 6. The third-order valence-electron chi connectivity index (χ3n) is 11.9. The van der Waals surface area contributed by atoms with Gasteiger partial charge in [-0.25, -0.2) is 4.98 Å². The van der Waals surface area contributed by atoms with Crippen molar-refractivity contribution in [1.29, 1.82) is 0 Å². The number of rotatable bonds is 20. The molecule has 0 saturated heterocycles. The van der Waals surface area contributed by atoms with Crippen LogP contribution >= 0.6 is 0 Å². The van der Waals surface area contributed by atoms with Crippen LogP contribution in [0.15, 0.2) is 127 Å². The van der Waals surface area contributed by atoms with Crippen LogP contribution in [-0.4, -0.2) is 43.0 Å². The maximum atomic E-state index is 12.9. The molecule has 0 aliphatic heterocycles. The lowest BCUT2D eigenvalue weighted by Crippen LogP contribution is -2.33. The van der Waals surface area contributed by atoms with Crippen LogP contribution in [0.5, 0.6) is 0 Å². The second kappa shape index (κ2) is 21.4. The van der Waals surface area contributed by atoms with Crippen LogP contribution in [0, 0.1) is 13.8 Å². The van der Waals surface area contributed by atoms with Gasteiger partial charge in [0.15, 0.2) is 5.52 Å². The van der Waals surface area contributed by atoms with E-state index in [0.717, 1.165) is 133 Å². The van der Waals surface area contributed by atoms with E-state index in [9.17, 15) is 9.59 Å². The first-order valence-corrected chi connectivity index (χ1v) is 22.5. The number of carbonyl (C=O) groups is 2. The molecule has 1 heterocycles. The van der Waals surface area contributed by atoms with Gasteiger partial charge in [0.2, 0.25) is 16.7 Å². The number of para-hydroxylation sites is 1. The van der Waals surface area contributed by atoms with Crippen LogP contribution in [0.4, 0.5) is 11.4 Å². The van der Waals surface area contributed by atoms with Crippen molar-refractivity contribution in [1.82, 2.24) is 20.9 Å². The molecule has 0 bridgehead atoms. The summed E-state index contributed by atoms with van der Waals surface area (Å²) in [6, 6.07) is 34.2. The molecule has 0 saturated carbocycles. The lowest BCUT2D eigenvalue weighted by Gasteiger charge is -2.15. The monoisotopic (exact) mass is 828 g/mol. The van der Waals surface area contributed by atoms with E-state index in [1.54, 1.807) is 0 Å². The lowest BCUT2D eigenvalue weighted by atomic mass is 10.0. The Morgan fingerprint density at radius 3 is 1.76 bits per heavy atom. The molecular weight excluding hydrogens is 767 g/mol. The summed E-state index contributed by atoms with van der Waals surface area (Å²) in [4.78, 5) is 30.7. The molecule has 1 aromatic heterocycles. The minimum absolute atomic E-state index is 0.0459. The van der Waals surface area contributed by atoms with Crippen molar-refractivity contribution in [3.8, 4) is 16.8 Å². The normalized spacial score (nSPS) is 12.5. The van der Waals surface area contributed by atoms with E-state index in [1.807, 2.05) is 61.5 Å². The average molecular weight is 829 g/mol. The van der Waals surface area contributed by atoms with Crippen molar-refractivity contribution >= 4 is 45.3 Å². The number of nitrogens with two attached hydrogens (primary N) is 1. The number of amides is 2. The van der Waals surface area contributed by atoms with Gasteiger partial charge in [0.1, 0.15) is 5.52 Å². The van der Waals surface area contributed by atoms with Crippen molar-refractivity contribution in [2.24, 2.45) is 0 Å². The quantitative estimate of drug-likeness (QED) is 0.0226. The van der Waals surface area contributed by atoms with Gasteiger partial charge in [-0.2, -0.15) is 0 Å². The topological polar surface area (TPSA) is 125 Å². The zero-order valence-electron chi connectivity index (χ0n) is 36.7. The molecule has 320 valence electrons. The first-order chi connectivity index (χ1) is 30.3. The van der Waals surface area contributed by atoms with Crippen molar-refractivity contribution in [2.45, 2.75) is 85.0 Å². The summed E-state index contributed by atoms with van der Waals surface area (Å²) in [5.41, 5.74) is 21.2. The third kappa shape index (κ3) is 11.1. The molecule has 2 amide bonds. The van der Waals surface area contributed by atoms with Crippen molar-refractivity contribution < 1.29 is 14.2 Å². The van der Waals surface area contributed by atoms with Gasteiger partial charge >= 0.3 is 0 Å². The number of unbranched alkanes of at least 4 members (excludes halogenated alkanes) is 6. The predicted octanol–water partition coefficient (Wildman–Crippen LogP) is 10.4. The summed E-state index contributed by atoms with van der Waals surface area (Å²) in [6.45, 7) is 9.48. The van der Waals surface area contributed by atoms with E-state index in [4.69, 9.17) is 10.7 Å². The molecule has 7 rings (SSSR count). The van der Waals surface area contributed by atoms with Crippen molar-refractivity contribution in [2.75, 3.05) is 37.2 Å². The van der Waals surface area contributed by atoms with Gasteiger partial charge in [-0.05, 0) is 117 Å². The second-order valence-electron chi connectivity index (χ2n) is 16.5. The zero-order chi connectivity index (χ0) is 43.3. The van der Waals surface area contributed by atoms with Gasteiger partial charge in [-0.1, -0.05) is 86.4 Å². The number of fused-ring (bicyclic) bond motifs is 2. The minimum atomic E-state index is -0.0638. The van der Waals surface area contributed by atoms with Gasteiger partial charge in [0, 0.05) is 73.0 Å². The molecule has 0 fully saturated rings. The lowest BCUT2D eigenvalue weighted by molar-refractivity contribution is -0.538. The fourth-order valence-corrected chi connectivity index (χ4v) is 8.14. The molecule has 0 atom stereocenters. The molecular formula is C53H62N7O2+. The molecule has 62 heavy (non-hydrogen) atoms. The first-order valence-electron chi connectivity index (χ1n) is 22.5. The van der Waals surface area contributed by atoms with Crippen LogP contribution in [0.1, 0.15) is 103 Å². The fourth-order valence-electron chi connectivity index (χ4n) is 8.14. The molecule has 1 aliphatic rings. The number of benzene rings is 5. The molecule has 1 aliphatic carbocycles. The van der Waals surface area contributed by atoms with Gasteiger partial charge in [0.25, 0.3) is 11.8 Å². The first kappa shape index (κ1) is 43.6. The highest BCUT2D eigenvalue weighted by molar-refractivity contribution is 5.96. The molecule has 0 unspecified atom stereocenters. The fraction of sp³-hybridized carbons (Fsp3) is 0.321. The number of hydrogen-bond donors (Lipinski definition) is 5. The van der Waals surface area contributed by atoms with E-state index in [1.165, 1.54) is 11.3 Å². The number of anilines is 2. The summed E-state index contributed by atoms with van der Waals surface area (Å²) < 4.78 is 2.25. The maximum absolute atomic E-state index is 12.9. The van der Waals surface area contributed by atoms with Gasteiger partial charge in [0.05, 0.1) is 5.69 Å². The standard InChI is InChI=1S/C53H61N7O2/c1-37-17-11-12-20-45(37)55-31-13-4-6-15-33-57-52(61)42-26-22-40(23-27-42)41-24-28-43(29-25-41)53(62)58-34-16-7-5-14-32-56-46-36-49-47(35-39(46)3)59-51-48(30-21-38(2)50(51)54)60(49)44-18-9-8-10-19-44/h8-10,17-30,35-36,55H,4-7,11-16,31-34H2,1-3H3,(H4,54,56,57,58,61,62)/p+1. The van der Waals surface area contributed by atoms with Crippen LogP contribution in [0.25, 0.3) is 38.9 Å². The SMILES string of the molecule is CC1=CCCC=C1NCCCCCCNC(=O)c1ccc(-c2ccc(C(=O)NCCCCCCNc3cc4c(cc3C)nc3c(N)c(C)ccc3[n+]4-c3ccccc3)cc2)cc1. The average Bonchev–Trinajstić information content (AvgIpc) is 3.29. The van der Waals surface area contributed by atoms with Crippen molar-refractivity contribution in [3.63, 3.8) is 0 Å². The zero-order valence-corrected chi connectivity index (χ0v) is 36.7. The number of carbonyl (C=O) groups excluding carboxylic acids is 2. The number of aryl methyl sites for hydroxylation is 2. The Hall–Kier alpha value is -6.48. The largest absolute Gasteiger partial charge is 0.397 e. The molecule has 9 nitrogen and oxygen atoms in total. The Morgan fingerprint density at radius 2 is 1.16 bits per heavy atom. The Balaban J connectivity index is 0.795. The van der Waals surface area contributed by atoms with Crippen LogP contribution in [0.2, 0.25) is 0 Å². The maximum Gasteiger partial charge on any atom is 0.251 e. The molecule has 5 aromatic carbocycles. The van der Waals surface area contributed by atoms with E-state index in [0.29, 0.717) is 29.9 Å². The highest BCUT2D eigenvalue weighted by Crippen LogP contribution is 2.28. The van der Waals surface area contributed by atoms with E-state index in [2.05, 4.69) is 100 Å². The van der Waals surface area contributed by atoms with Crippen LogP contribution < -0.4 is 31.6 Å². The van der Waals surface area contributed by atoms with Gasteiger partial charge in [-0.15, -0.1) is 4.57 Å². The minimum Gasteiger partial charge on any atom is -0.397 e. The highest BCUT2D eigenvalue weighted by Gasteiger charge is 2.22. The number of nitrogens with one attached hydrogen (secondary N) is 4. The third-order valence-corrected chi connectivity index (χ3v) is 11.9. The molecule has 9 heteroatoms. The molecule has 0 radical (unpaired) electrons. The summed E-state index contributed by atoms with van der Waals surface area (Å²) in [5.74, 6) is -0.110. The van der Waals surface area contributed by atoms with Gasteiger partial charge < -0.3 is 27.0 Å². The number of aromatic nitrogens is 2. The van der Waals surface area contributed by atoms with E-state index in [-0.39, 0.29) is 11.8 Å². The molecule has 0 spiro atoms. The number of nitrogen functional groups attached to an aromatic ring is 1. The Labute approximate surface area is 366 Å². The number of allylic oxidation sites excluding steroid dienone is 3. The summed E-state index contributed by atoms with van der Waals surface area (Å²) in [6.07, 6.45) is 15.3. The smallest absolute Gasteiger partial charge is 0.251 e. The summed E-state index contributed by atoms with van der Waals surface area (Å²) >= 11 is 0. The summed E-state index contributed by atoms with van der Waals surface area (Å²) in [7, 11) is 0. The van der Waals surface area contributed by atoms with Crippen LogP contribution in [0.3, 0.4) is 0 Å². The second-order valence-corrected chi connectivity index (χ2v) is 16.5. The van der Waals surface area contributed by atoms with Crippen molar-refractivity contribution in [3.05, 3.63) is 149 Å². The van der Waals surface area contributed by atoms with Gasteiger partial charge in [-0.3, -0.25) is 9.59 Å². The number of nitrogens with zero attached hydrogens (tertiary/aromatic N) is 2.